The molecule has 3 nitrogen and oxygen atoms in total. The molecule has 0 saturated heterocycles. The minimum absolute atomic E-state index is 0.318. The van der Waals surface area contributed by atoms with Gasteiger partial charge in [-0.2, -0.15) is 0 Å². The van der Waals surface area contributed by atoms with E-state index in [1.807, 2.05) is 23.5 Å². The van der Waals surface area contributed by atoms with E-state index in [1.165, 1.54) is 10.4 Å². The zero-order valence-electron chi connectivity index (χ0n) is 9.43. The first-order valence-electron chi connectivity index (χ1n) is 5.76. The molecule has 0 aliphatic carbocycles. The number of ether oxygens (including phenoxy) is 1. The number of aromatic nitrogens is 1. The van der Waals surface area contributed by atoms with Crippen molar-refractivity contribution in [3.8, 4) is 5.75 Å². The first-order valence-corrected chi connectivity index (χ1v) is 6.64. The van der Waals surface area contributed by atoms with Gasteiger partial charge in [0.05, 0.1) is 6.04 Å². The molecule has 0 aromatic carbocycles. The van der Waals surface area contributed by atoms with Gasteiger partial charge in [-0.3, -0.25) is 4.98 Å². The van der Waals surface area contributed by atoms with Gasteiger partial charge in [0.15, 0.2) is 0 Å². The normalized spacial score (nSPS) is 18.7. The summed E-state index contributed by atoms with van der Waals surface area (Å²) in [6.45, 7) is 1.71. The SMILES string of the molecule is c1cc(OCC2NCCc3sccc32)ccn1. The summed E-state index contributed by atoms with van der Waals surface area (Å²) in [4.78, 5) is 5.47. The third-order valence-corrected chi connectivity index (χ3v) is 3.96. The van der Waals surface area contributed by atoms with Gasteiger partial charge in [0.2, 0.25) is 0 Å². The Bertz CT molecular complexity index is 483. The number of nitrogens with zero attached hydrogens (tertiary/aromatic N) is 1. The van der Waals surface area contributed by atoms with E-state index in [4.69, 9.17) is 4.74 Å². The van der Waals surface area contributed by atoms with Crippen molar-refractivity contribution in [3.63, 3.8) is 0 Å². The number of fused-ring (bicyclic) bond motifs is 1. The van der Waals surface area contributed by atoms with Gasteiger partial charge in [-0.25, -0.2) is 0 Å². The molecule has 1 unspecified atom stereocenters. The lowest BCUT2D eigenvalue weighted by atomic mass is 10.0. The van der Waals surface area contributed by atoms with Crippen molar-refractivity contribution in [2.75, 3.05) is 13.2 Å². The van der Waals surface area contributed by atoms with Gasteiger partial charge in [-0.1, -0.05) is 0 Å². The summed E-state index contributed by atoms with van der Waals surface area (Å²) in [5.74, 6) is 0.879. The number of pyridine rings is 1. The maximum atomic E-state index is 5.77. The first-order chi connectivity index (χ1) is 8.43. The molecule has 0 spiro atoms. The van der Waals surface area contributed by atoms with Crippen LogP contribution in [0.2, 0.25) is 0 Å². The number of nitrogens with one attached hydrogen (secondary N) is 1. The molecular formula is C13H14N2OS. The molecule has 2 aromatic rings. The van der Waals surface area contributed by atoms with Gasteiger partial charge in [-0.05, 0) is 35.6 Å². The highest BCUT2D eigenvalue weighted by molar-refractivity contribution is 7.10. The lowest BCUT2D eigenvalue weighted by Gasteiger charge is -2.24. The Morgan fingerprint density at radius 1 is 1.35 bits per heavy atom. The number of hydrogen-bond donors (Lipinski definition) is 1. The maximum Gasteiger partial charge on any atom is 0.122 e. The van der Waals surface area contributed by atoms with E-state index < -0.39 is 0 Å². The third kappa shape index (κ3) is 2.33. The minimum Gasteiger partial charge on any atom is -0.491 e. The van der Waals surface area contributed by atoms with Gasteiger partial charge in [-0.15, -0.1) is 11.3 Å². The Balaban J connectivity index is 1.68. The van der Waals surface area contributed by atoms with Crippen molar-refractivity contribution in [2.24, 2.45) is 0 Å². The molecule has 1 aliphatic rings. The van der Waals surface area contributed by atoms with Crippen molar-refractivity contribution in [2.45, 2.75) is 12.5 Å². The molecule has 0 bridgehead atoms. The van der Waals surface area contributed by atoms with Crippen LogP contribution in [0.1, 0.15) is 16.5 Å². The van der Waals surface area contributed by atoms with Gasteiger partial charge in [0, 0.05) is 23.8 Å². The third-order valence-electron chi connectivity index (χ3n) is 2.96. The molecule has 3 rings (SSSR count). The fraction of sp³-hybridized carbons (Fsp3) is 0.308. The Kier molecular flexibility index (Phi) is 3.07. The molecule has 2 aromatic heterocycles. The average Bonchev–Trinajstić information content (AvgIpc) is 2.86. The van der Waals surface area contributed by atoms with Crippen LogP contribution in [0.3, 0.4) is 0 Å². The van der Waals surface area contributed by atoms with Gasteiger partial charge >= 0.3 is 0 Å². The molecule has 1 atom stereocenters. The Labute approximate surface area is 104 Å². The van der Waals surface area contributed by atoms with Gasteiger partial charge < -0.3 is 10.1 Å². The van der Waals surface area contributed by atoms with Crippen LogP contribution in [0.5, 0.6) is 5.75 Å². The van der Waals surface area contributed by atoms with Crippen LogP contribution in [0.25, 0.3) is 0 Å². The summed E-state index contributed by atoms with van der Waals surface area (Å²) < 4.78 is 5.77. The van der Waals surface area contributed by atoms with E-state index in [2.05, 4.69) is 21.7 Å². The number of thiophene rings is 1. The summed E-state index contributed by atoms with van der Waals surface area (Å²) in [6.07, 6.45) is 4.64. The smallest absolute Gasteiger partial charge is 0.122 e. The topological polar surface area (TPSA) is 34.1 Å². The zero-order valence-corrected chi connectivity index (χ0v) is 10.2. The fourth-order valence-corrected chi connectivity index (χ4v) is 3.04. The molecule has 0 amide bonds. The van der Waals surface area contributed by atoms with Crippen LogP contribution in [0, 0.1) is 0 Å². The van der Waals surface area contributed by atoms with E-state index >= 15 is 0 Å². The molecule has 0 radical (unpaired) electrons. The largest absolute Gasteiger partial charge is 0.491 e. The summed E-state index contributed by atoms with van der Waals surface area (Å²) in [5, 5.41) is 5.66. The second-order valence-electron chi connectivity index (χ2n) is 4.05. The van der Waals surface area contributed by atoms with Crippen LogP contribution >= 0.6 is 11.3 Å². The number of hydrogen-bond acceptors (Lipinski definition) is 4. The molecule has 0 saturated carbocycles. The van der Waals surface area contributed by atoms with E-state index in [0.29, 0.717) is 12.6 Å². The lowest BCUT2D eigenvalue weighted by Crippen LogP contribution is -2.32. The average molecular weight is 246 g/mol. The van der Waals surface area contributed by atoms with E-state index in [-0.39, 0.29) is 0 Å². The lowest BCUT2D eigenvalue weighted by molar-refractivity contribution is 0.262. The maximum absolute atomic E-state index is 5.77. The summed E-state index contributed by atoms with van der Waals surface area (Å²) in [6, 6.07) is 6.29. The molecule has 4 heteroatoms. The van der Waals surface area contributed by atoms with Crippen LogP contribution < -0.4 is 10.1 Å². The van der Waals surface area contributed by atoms with Crippen molar-refractivity contribution < 1.29 is 4.74 Å². The van der Waals surface area contributed by atoms with Crippen LogP contribution in [-0.4, -0.2) is 18.1 Å². The molecule has 17 heavy (non-hydrogen) atoms. The molecule has 3 heterocycles. The van der Waals surface area contributed by atoms with E-state index in [0.717, 1.165) is 18.7 Å². The molecular weight excluding hydrogens is 232 g/mol. The Morgan fingerprint density at radius 2 is 2.24 bits per heavy atom. The van der Waals surface area contributed by atoms with Crippen molar-refractivity contribution in [3.05, 3.63) is 46.4 Å². The second-order valence-corrected chi connectivity index (χ2v) is 5.05. The predicted molar refractivity (Wildman–Crippen MR) is 68.5 cm³/mol. The van der Waals surface area contributed by atoms with Crippen LogP contribution in [-0.2, 0) is 6.42 Å². The van der Waals surface area contributed by atoms with Gasteiger partial charge in [0.1, 0.15) is 12.4 Å². The quantitative estimate of drug-likeness (QED) is 0.903. The van der Waals surface area contributed by atoms with Crippen LogP contribution in [0.4, 0.5) is 0 Å². The zero-order chi connectivity index (χ0) is 11.5. The highest BCUT2D eigenvalue weighted by Crippen LogP contribution is 2.27. The Morgan fingerprint density at radius 3 is 3.12 bits per heavy atom. The predicted octanol–water partition coefficient (Wildman–Crippen LogP) is 2.41. The fourth-order valence-electron chi connectivity index (χ4n) is 2.10. The van der Waals surface area contributed by atoms with Crippen molar-refractivity contribution in [1.29, 1.82) is 0 Å². The summed E-state index contributed by atoms with van der Waals surface area (Å²) in [5.41, 5.74) is 1.40. The molecule has 88 valence electrons. The molecule has 1 N–H and O–H groups in total. The van der Waals surface area contributed by atoms with Crippen LogP contribution in [0.15, 0.2) is 36.0 Å². The highest BCUT2D eigenvalue weighted by Gasteiger charge is 2.20. The molecule has 0 fully saturated rings. The van der Waals surface area contributed by atoms with E-state index in [1.54, 1.807) is 12.4 Å². The minimum atomic E-state index is 0.318. The van der Waals surface area contributed by atoms with Gasteiger partial charge in [0.25, 0.3) is 0 Å². The first kappa shape index (κ1) is 10.7. The van der Waals surface area contributed by atoms with Crippen molar-refractivity contribution in [1.82, 2.24) is 10.3 Å². The Hall–Kier alpha value is -1.39. The standard InChI is InChI=1S/C13H14N2OS/c1-5-14-6-2-10(1)16-9-12-11-4-8-17-13(11)3-7-15-12/h1-2,4-6,8,12,15H,3,7,9H2. The highest BCUT2D eigenvalue weighted by atomic mass is 32.1. The summed E-state index contributed by atoms with van der Waals surface area (Å²) >= 11 is 1.85. The van der Waals surface area contributed by atoms with Crippen molar-refractivity contribution >= 4 is 11.3 Å². The van der Waals surface area contributed by atoms with E-state index in [9.17, 15) is 0 Å². The second kappa shape index (κ2) is 4.85. The monoisotopic (exact) mass is 246 g/mol. The summed E-state index contributed by atoms with van der Waals surface area (Å²) in [7, 11) is 0. The molecule has 1 aliphatic heterocycles. The number of rotatable bonds is 3.